The van der Waals surface area contributed by atoms with E-state index >= 15 is 0 Å². The summed E-state index contributed by atoms with van der Waals surface area (Å²) in [5, 5.41) is 14.7. The molecular weight excluding hydrogens is 376 g/mol. The van der Waals surface area contributed by atoms with Crippen molar-refractivity contribution in [1.29, 1.82) is 0 Å². The summed E-state index contributed by atoms with van der Waals surface area (Å²) in [6.45, 7) is 5.26. The fourth-order valence-corrected chi connectivity index (χ4v) is 3.82. The van der Waals surface area contributed by atoms with Crippen LogP contribution in [0.2, 0.25) is 0 Å². The highest BCUT2D eigenvalue weighted by atomic mass is 16.6. The number of benzene rings is 3. The predicted molar refractivity (Wildman–Crippen MR) is 121 cm³/mol. The van der Waals surface area contributed by atoms with Gasteiger partial charge >= 0.3 is 0 Å². The summed E-state index contributed by atoms with van der Waals surface area (Å²) in [7, 11) is 0. The SMILES string of the molecule is O=[N+]([O-])c1ccc(N2CCN(Cc3ccccc3)CC2)cc1NCc1ccccc1. The molecule has 0 aromatic heterocycles. The zero-order chi connectivity index (χ0) is 20.8. The quantitative estimate of drug-likeness (QED) is 0.465. The van der Waals surface area contributed by atoms with Gasteiger partial charge in [0.25, 0.3) is 5.69 Å². The van der Waals surface area contributed by atoms with Crippen molar-refractivity contribution >= 4 is 17.1 Å². The largest absolute Gasteiger partial charge is 0.375 e. The van der Waals surface area contributed by atoms with Crippen molar-refractivity contribution in [2.24, 2.45) is 0 Å². The minimum absolute atomic E-state index is 0.109. The summed E-state index contributed by atoms with van der Waals surface area (Å²) in [6.07, 6.45) is 0. The number of anilines is 2. The Balaban J connectivity index is 1.42. The van der Waals surface area contributed by atoms with E-state index in [1.54, 1.807) is 6.07 Å². The van der Waals surface area contributed by atoms with Crippen LogP contribution in [0, 0.1) is 10.1 Å². The van der Waals surface area contributed by atoms with Crippen LogP contribution in [0.15, 0.2) is 78.9 Å². The maximum absolute atomic E-state index is 11.5. The minimum atomic E-state index is -0.324. The van der Waals surface area contributed by atoms with E-state index in [1.807, 2.05) is 48.5 Å². The van der Waals surface area contributed by atoms with E-state index in [-0.39, 0.29) is 10.6 Å². The van der Waals surface area contributed by atoms with Gasteiger partial charge in [-0.1, -0.05) is 60.7 Å². The number of nitrogens with one attached hydrogen (secondary N) is 1. The predicted octanol–water partition coefficient (Wildman–Crippen LogP) is 4.53. The van der Waals surface area contributed by atoms with Crippen molar-refractivity contribution in [1.82, 2.24) is 4.90 Å². The molecule has 0 aliphatic carbocycles. The van der Waals surface area contributed by atoms with Crippen molar-refractivity contribution in [3.63, 3.8) is 0 Å². The Bertz CT molecular complexity index is 971. The van der Waals surface area contributed by atoms with Gasteiger partial charge < -0.3 is 10.2 Å². The molecule has 1 heterocycles. The van der Waals surface area contributed by atoms with Gasteiger partial charge in [0.2, 0.25) is 0 Å². The van der Waals surface area contributed by atoms with Crippen LogP contribution >= 0.6 is 0 Å². The van der Waals surface area contributed by atoms with Crippen molar-refractivity contribution in [2.45, 2.75) is 13.1 Å². The lowest BCUT2D eigenvalue weighted by molar-refractivity contribution is -0.384. The first kappa shape index (κ1) is 19.9. The maximum atomic E-state index is 11.5. The molecule has 6 nitrogen and oxygen atoms in total. The summed E-state index contributed by atoms with van der Waals surface area (Å²) >= 11 is 0. The summed E-state index contributed by atoms with van der Waals surface area (Å²) in [5.74, 6) is 0. The summed E-state index contributed by atoms with van der Waals surface area (Å²) in [5.41, 5.74) is 4.11. The second-order valence-electron chi connectivity index (χ2n) is 7.55. The van der Waals surface area contributed by atoms with Gasteiger partial charge in [0.15, 0.2) is 0 Å². The molecule has 1 saturated heterocycles. The molecular formula is C24H26N4O2. The molecule has 0 bridgehead atoms. The van der Waals surface area contributed by atoms with E-state index in [2.05, 4.69) is 39.4 Å². The van der Waals surface area contributed by atoms with Gasteiger partial charge in [-0.3, -0.25) is 15.0 Å². The highest BCUT2D eigenvalue weighted by molar-refractivity contribution is 5.69. The van der Waals surface area contributed by atoms with Crippen LogP contribution in [-0.4, -0.2) is 36.0 Å². The number of rotatable bonds is 7. The van der Waals surface area contributed by atoms with Gasteiger partial charge in [-0.15, -0.1) is 0 Å². The highest BCUT2D eigenvalue weighted by Crippen LogP contribution is 2.30. The van der Waals surface area contributed by atoms with E-state index in [1.165, 1.54) is 5.56 Å². The van der Waals surface area contributed by atoms with Crippen molar-refractivity contribution in [2.75, 3.05) is 36.4 Å². The van der Waals surface area contributed by atoms with Gasteiger partial charge in [0.1, 0.15) is 5.69 Å². The molecule has 154 valence electrons. The minimum Gasteiger partial charge on any atom is -0.375 e. The molecule has 3 aromatic rings. The smallest absolute Gasteiger partial charge is 0.292 e. The van der Waals surface area contributed by atoms with Crippen molar-refractivity contribution in [3.05, 3.63) is 100 Å². The van der Waals surface area contributed by atoms with Crippen LogP contribution in [0.25, 0.3) is 0 Å². The lowest BCUT2D eigenvalue weighted by Crippen LogP contribution is -2.46. The number of nitro groups is 1. The van der Waals surface area contributed by atoms with Crippen LogP contribution in [0.4, 0.5) is 17.1 Å². The van der Waals surface area contributed by atoms with E-state index in [4.69, 9.17) is 0 Å². The molecule has 0 atom stereocenters. The van der Waals surface area contributed by atoms with E-state index in [9.17, 15) is 10.1 Å². The van der Waals surface area contributed by atoms with E-state index in [0.29, 0.717) is 12.2 Å². The highest BCUT2D eigenvalue weighted by Gasteiger charge is 2.20. The lowest BCUT2D eigenvalue weighted by Gasteiger charge is -2.36. The molecule has 0 saturated carbocycles. The number of piperazine rings is 1. The molecule has 1 fully saturated rings. The fraction of sp³-hybridized carbons (Fsp3) is 0.250. The Morgan fingerprint density at radius 3 is 2.10 bits per heavy atom. The molecule has 1 aliphatic rings. The van der Waals surface area contributed by atoms with Crippen LogP contribution in [0.5, 0.6) is 0 Å². The Morgan fingerprint density at radius 1 is 0.833 bits per heavy atom. The Labute approximate surface area is 176 Å². The van der Waals surface area contributed by atoms with Crippen LogP contribution in [-0.2, 0) is 13.1 Å². The molecule has 0 unspecified atom stereocenters. The summed E-state index contributed by atoms with van der Waals surface area (Å²) in [6, 6.07) is 25.8. The van der Waals surface area contributed by atoms with Crippen LogP contribution in [0.1, 0.15) is 11.1 Å². The maximum Gasteiger partial charge on any atom is 0.292 e. The van der Waals surface area contributed by atoms with E-state index < -0.39 is 0 Å². The first-order valence-electron chi connectivity index (χ1n) is 10.3. The van der Waals surface area contributed by atoms with Crippen LogP contribution < -0.4 is 10.2 Å². The molecule has 0 radical (unpaired) electrons. The van der Waals surface area contributed by atoms with Gasteiger partial charge in [0.05, 0.1) is 4.92 Å². The van der Waals surface area contributed by atoms with Crippen molar-refractivity contribution < 1.29 is 4.92 Å². The summed E-state index contributed by atoms with van der Waals surface area (Å²) < 4.78 is 0. The first-order chi connectivity index (χ1) is 14.7. The van der Waals surface area contributed by atoms with Gasteiger partial charge in [0, 0.05) is 51.0 Å². The lowest BCUT2D eigenvalue weighted by atomic mass is 10.1. The monoisotopic (exact) mass is 402 g/mol. The van der Waals surface area contributed by atoms with Crippen molar-refractivity contribution in [3.8, 4) is 0 Å². The average Bonchev–Trinajstić information content (AvgIpc) is 2.79. The second-order valence-corrected chi connectivity index (χ2v) is 7.55. The molecule has 0 amide bonds. The molecule has 6 heteroatoms. The Kier molecular flexibility index (Phi) is 6.25. The Morgan fingerprint density at radius 2 is 1.47 bits per heavy atom. The van der Waals surface area contributed by atoms with Gasteiger partial charge in [-0.05, 0) is 23.3 Å². The molecule has 1 N–H and O–H groups in total. The fourth-order valence-electron chi connectivity index (χ4n) is 3.82. The Hall–Kier alpha value is -3.38. The van der Waals surface area contributed by atoms with Gasteiger partial charge in [-0.2, -0.15) is 0 Å². The molecule has 30 heavy (non-hydrogen) atoms. The number of nitrogens with zero attached hydrogens (tertiary/aromatic N) is 3. The molecule has 1 aliphatic heterocycles. The molecule has 3 aromatic carbocycles. The number of nitro benzene ring substituents is 1. The topological polar surface area (TPSA) is 61.7 Å². The molecule has 4 rings (SSSR count). The average molecular weight is 402 g/mol. The third-order valence-corrected chi connectivity index (χ3v) is 5.49. The van der Waals surface area contributed by atoms with Gasteiger partial charge in [-0.25, -0.2) is 0 Å². The third-order valence-electron chi connectivity index (χ3n) is 5.49. The standard InChI is InChI=1S/C24H26N4O2/c29-28(30)24-12-11-22(17-23(24)25-18-20-7-3-1-4-8-20)27-15-13-26(14-16-27)19-21-9-5-2-6-10-21/h1-12,17,25H,13-16,18-19H2. The summed E-state index contributed by atoms with van der Waals surface area (Å²) in [4.78, 5) is 15.9. The third kappa shape index (κ3) is 4.96. The van der Waals surface area contributed by atoms with Crippen LogP contribution in [0.3, 0.4) is 0 Å². The molecule has 0 spiro atoms. The first-order valence-corrected chi connectivity index (χ1v) is 10.3. The van der Waals surface area contributed by atoms with E-state index in [0.717, 1.165) is 44.0 Å². The normalized spacial score (nSPS) is 14.5. The second kappa shape index (κ2) is 9.41. The number of hydrogen-bond acceptors (Lipinski definition) is 5. The zero-order valence-corrected chi connectivity index (χ0v) is 16.9. The zero-order valence-electron chi connectivity index (χ0n) is 16.9. The number of hydrogen-bond donors (Lipinski definition) is 1.